The summed E-state index contributed by atoms with van der Waals surface area (Å²) in [6.45, 7) is 6.69. The molecule has 0 bridgehead atoms. The molecular formula is C28H30F6N6O2. The number of imidazole rings is 1. The van der Waals surface area contributed by atoms with Crippen molar-refractivity contribution in [2.45, 2.75) is 45.1 Å². The van der Waals surface area contributed by atoms with E-state index in [0.29, 0.717) is 29.0 Å². The van der Waals surface area contributed by atoms with Gasteiger partial charge in [0.2, 0.25) is 5.95 Å². The number of nitrogens with zero attached hydrogens (tertiary/aromatic N) is 5. The van der Waals surface area contributed by atoms with Crippen LogP contribution in [-0.2, 0) is 17.1 Å². The number of fused-ring (bicyclic) bond motifs is 1. The molecule has 2 aromatic heterocycles. The van der Waals surface area contributed by atoms with Crippen LogP contribution in [0.3, 0.4) is 0 Å². The Labute approximate surface area is 238 Å². The number of anilines is 2. The van der Waals surface area contributed by atoms with E-state index in [4.69, 9.17) is 4.74 Å². The number of halogens is 6. The van der Waals surface area contributed by atoms with Crippen LogP contribution in [0.15, 0.2) is 36.5 Å². The minimum Gasteiger partial charge on any atom is -0.444 e. The van der Waals surface area contributed by atoms with Crippen molar-refractivity contribution in [1.29, 1.82) is 0 Å². The quantitative estimate of drug-likeness (QED) is 0.356. The Balaban J connectivity index is 1.40. The van der Waals surface area contributed by atoms with Crippen LogP contribution in [0, 0.1) is 0 Å². The molecule has 226 valence electrons. The fourth-order valence-electron chi connectivity index (χ4n) is 5.07. The summed E-state index contributed by atoms with van der Waals surface area (Å²) in [6, 6.07) is 4.30. The lowest BCUT2D eigenvalue weighted by molar-refractivity contribution is -0.138. The molecule has 5 rings (SSSR count). The number of carbonyl (C=O) groups excluding carboxylic acids is 1. The van der Waals surface area contributed by atoms with E-state index in [1.54, 1.807) is 36.6 Å². The van der Waals surface area contributed by atoms with E-state index in [2.05, 4.69) is 15.0 Å². The van der Waals surface area contributed by atoms with Gasteiger partial charge in [0, 0.05) is 51.0 Å². The van der Waals surface area contributed by atoms with Crippen molar-refractivity contribution in [2.75, 3.05) is 49.1 Å². The molecule has 0 spiro atoms. The first kappa shape index (κ1) is 29.5. The molecule has 1 N–H and O–H groups in total. The number of hydrogen-bond acceptors (Lipinski definition) is 6. The smallest absolute Gasteiger partial charge is 0.419 e. The van der Waals surface area contributed by atoms with Crippen LogP contribution < -0.4 is 9.80 Å². The number of nitrogens with one attached hydrogen (secondary N) is 1. The topological polar surface area (TPSA) is 77.6 Å². The number of hydrogen-bond donors (Lipinski definition) is 1. The second-order valence-electron chi connectivity index (χ2n) is 11.2. The zero-order valence-electron chi connectivity index (χ0n) is 23.2. The monoisotopic (exact) mass is 596 g/mol. The lowest BCUT2D eigenvalue weighted by Gasteiger charge is -2.36. The van der Waals surface area contributed by atoms with Crippen LogP contribution in [0.2, 0.25) is 0 Å². The number of pyridine rings is 1. The minimum absolute atomic E-state index is 0.156. The van der Waals surface area contributed by atoms with Gasteiger partial charge < -0.3 is 24.4 Å². The van der Waals surface area contributed by atoms with Crippen LogP contribution in [0.5, 0.6) is 0 Å². The molecular weight excluding hydrogens is 566 g/mol. The van der Waals surface area contributed by atoms with Crippen molar-refractivity contribution in [1.82, 2.24) is 19.9 Å². The molecule has 8 nitrogen and oxygen atoms in total. The molecule has 1 amide bonds. The predicted molar refractivity (Wildman–Crippen MR) is 145 cm³/mol. The van der Waals surface area contributed by atoms with E-state index in [1.165, 1.54) is 17.2 Å². The Morgan fingerprint density at radius 3 is 2.24 bits per heavy atom. The first-order chi connectivity index (χ1) is 19.6. The molecule has 1 aromatic carbocycles. The number of amides is 1. The molecule has 3 aromatic rings. The van der Waals surface area contributed by atoms with Gasteiger partial charge in [-0.25, -0.2) is 14.8 Å². The summed E-state index contributed by atoms with van der Waals surface area (Å²) in [6.07, 6.45) is -6.33. The fourth-order valence-corrected chi connectivity index (χ4v) is 5.07. The first-order valence-electron chi connectivity index (χ1n) is 13.4. The number of H-pyrrole nitrogens is 1. The minimum atomic E-state index is -4.60. The highest BCUT2D eigenvalue weighted by atomic mass is 19.4. The first-order valence-corrected chi connectivity index (χ1v) is 13.4. The van der Waals surface area contributed by atoms with Crippen molar-refractivity contribution in [3.63, 3.8) is 0 Å². The molecule has 0 atom stereocenters. The third-order valence-corrected chi connectivity index (χ3v) is 7.08. The lowest BCUT2D eigenvalue weighted by atomic mass is 9.96. The second kappa shape index (κ2) is 10.7. The van der Waals surface area contributed by atoms with Gasteiger partial charge >= 0.3 is 18.4 Å². The van der Waals surface area contributed by atoms with Crippen molar-refractivity contribution in [3.8, 4) is 0 Å². The average Bonchev–Trinajstić information content (AvgIpc) is 3.35. The number of ether oxygens (including phenoxy) is 1. The SMILES string of the molecule is CC(C)(C)OC(=O)N1CC=C(c2cc(C(F)(F)F)cc3[nH]c(N4CCN(c5ncccc5C(F)(F)F)CC4)nc23)CC1. The van der Waals surface area contributed by atoms with Gasteiger partial charge in [-0.15, -0.1) is 0 Å². The Morgan fingerprint density at radius 2 is 1.64 bits per heavy atom. The summed E-state index contributed by atoms with van der Waals surface area (Å²) in [5.74, 6) is 0.171. The molecule has 42 heavy (non-hydrogen) atoms. The summed E-state index contributed by atoms with van der Waals surface area (Å²) in [5.41, 5.74) is -0.855. The summed E-state index contributed by atoms with van der Waals surface area (Å²) in [5, 5.41) is 0. The summed E-state index contributed by atoms with van der Waals surface area (Å²) >= 11 is 0. The largest absolute Gasteiger partial charge is 0.444 e. The zero-order valence-corrected chi connectivity index (χ0v) is 23.2. The Bertz CT molecular complexity index is 1500. The maximum atomic E-state index is 13.8. The van der Waals surface area contributed by atoms with E-state index < -0.39 is 35.2 Å². The van der Waals surface area contributed by atoms with Crippen LogP contribution in [-0.4, -0.2) is 70.8 Å². The molecule has 2 aliphatic rings. The van der Waals surface area contributed by atoms with Gasteiger partial charge in [0.15, 0.2) is 0 Å². The van der Waals surface area contributed by atoms with Gasteiger partial charge in [-0.3, -0.25) is 0 Å². The van der Waals surface area contributed by atoms with E-state index in [-0.39, 0.29) is 50.6 Å². The van der Waals surface area contributed by atoms with Crippen LogP contribution >= 0.6 is 0 Å². The number of benzene rings is 1. The summed E-state index contributed by atoms with van der Waals surface area (Å²) in [4.78, 5) is 28.8. The molecule has 14 heteroatoms. The number of rotatable bonds is 3. The molecule has 1 saturated heterocycles. The van der Waals surface area contributed by atoms with Crippen LogP contribution in [0.1, 0.15) is 43.9 Å². The molecule has 2 aliphatic heterocycles. The van der Waals surface area contributed by atoms with Gasteiger partial charge in [-0.05, 0) is 57.0 Å². The highest BCUT2D eigenvalue weighted by Crippen LogP contribution is 2.38. The lowest BCUT2D eigenvalue weighted by Crippen LogP contribution is -2.47. The van der Waals surface area contributed by atoms with Crippen molar-refractivity contribution in [2.24, 2.45) is 0 Å². The summed E-state index contributed by atoms with van der Waals surface area (Å²) < 4.78 is 87.4. The second-order valence-corrected chi connectivity index (χ2v) is 11.2. The average molecular weight is 597 g/mol. The van der Waals surface area contributed by atoms with Crippen LogP contribution in [0.25, 0.3) is 16.6 Å². The Kier molecular flexibility index (Phi) is 7.52. The Morgan fingerprint density at radius 1 is 0.952 bits per heavy atom. The third-order valence-electron chi connectivity index (χ3n) is 7.08. The molecule has 1 fully saturated rings. The number of piperazine rings is 1. The number of alkyl halides is 6. The van der Waals surface area contributed by atoms with Crippen molar-refractivity contribution in [3.05, 3.63) is 53.2 Å². The highest BCUT2D eigenvalue weighted by molar-refractivity contribution is 5.92. The molecule has 0 unspecified atom stereocenters. The number of carbonyl (C=O) groups is 1. The highest BCUT2D eigenvalue weighted by Gasteiger charge is 2.37. The van der Waals surface area contributed by atoms with Gasteiger partial charge in [0.25, 0.3) is 0 Å². The summed E-state index contributed by atoms with van der Waals surface area (Å²) in [7, 11) is 0. The van der Waals surface area contributed by atoms with Gasteiger partial charge in [-0.2, -0.15) is 26.3 Å². The molecule has 0 radical (unpaired) electrons. The third kappa shape index (κ3) is 6.26. The molecule has 0 aliphatic carbocycles. The van der Waals surface area contributed by atoms with Gasteiger partial charge in [0.1, 0.15) is 11.4 Å². The van der Waals surface area contributed by atoms with Gasteiger partial charge in [0.05, 0.1) is 22.2 Å². The van der Waals surface area contributed by atoms with E-state index in [0.717, 1.165) is 18.2 Å². The molecule has 4 heterocycles. The molecule has 0 saturated carbocycles. The Hall–Kier alpha value is -3.97. The van der Waals surface area contributed by atoms with Crippen LogP contribution in [0.4, 0.5) is 42.9 Å². The zero-order chi connectivity index (χ0) is 30.4. The van der Waals surface area contributed by atoms with Crippen molar-refractivity contribution >= 4 is 34.5 Å². The number of aromatic nitrogens is 3. The maximum absolute atomic E-state index is 13.8. The number of aromatic amines is 1. The maximum Gasteiger partial charge on any atom is 0.419 e. The normalized spacial score (nSPS) is 17.1. The predicted octanol–water partition coefficient (Wildman–Crippen LogP) is 6.35. The van der Waals surface area contributed by atoms with E-state index in [9.17, 15) is 31.1 Å². The van der Waals surface area contributed by atoms with E-state index in [1.807, 2.05) is 0 Å². The van der Waals surface area contributed by atoms with Gasteiger partial charge in [-0.1, -0.05) is 6.08 Å². The standard InChI is InChI=1S/C28H30F6N6O2/c1-26(2,3)42-25(41)40-9-6-17(7-10-40)19-15-18(27(29,30)31)16-21-22(19)37-24(36-21)39-13-11-38(12-14-39)23-20(28(32,33)34)5-4-8-35-23/h4-6,8,15-16H,7,9-14H2,1-3H3,(H,36,37). The van der Waals surface area contributed by atoms with Crippen molar-refractivity contribution < 1.29 is 35.9 Å². The fraction of sp³-hybridized carbons (Fsp3) is 0.464. The van der Waals surface area contributed by atoms with E-state index >= 15 is 0 Å².